The zero-order valence-electron chi connectivity index (χ0n) is 17.2. The Morgan fingerprint density at radius 1 is 1.16 bits per heavy atom. The summed E-state index contributed by atoms with van der Waals surface area (Å²) in [6, 6.07) is 4.06. The van der Waals surface area contributed by atoms with Gasteiger partial charge in [0, 0.05) is 11.7 Å². The molecule has 32 heavy (non-hydrogen) atoms. The quantitative estimate of drug-likeness (QED) is 0.478. The molecule has 0 bridgehead atoms. The minimum absolute atomic E-state index is 0.0518. The fourth-order valence-corrected chi connectivity index (χ4v) is 7.42. The van der Waals surface area contributed by atoms with Gasteiger partial charge in [0.25, 0.3) is 5.91 Å². The Kier molecular flexibility index (Phi) is 5.75. The number of amides is 4. The molecule has 3 fully saturated rings. The molecule has 0 radical (unpaired) electrons. The Morgan fingerprint density at radius 2 is 1.81 bits per heavy atom. The van der Waals surface area contributed by atoms with E-state index in [0.29, 0.717) is 18.5 Å². The van der Waals surface area contributed by atoms with Crippen molar-refractivity contribution in [1.82, 2.24) is 14.9 Å². The summed E-state index contributed by atoms with van der Waals surface area (Å²) in [7, 11) is -7.14. The topological polar surface area (TPSA) is 159 Å². The predicted octanol–water partition coefficient (Wildman–Crippen LogP) is -0.0449. The fourth-order valence-electron chi connectivity index (χ4n) is 4.37. The van der Waals surface area contributed by atoms with Crippen molar-refractivity contribution in [1.29, 1.82) is 0 Å². The zero-order chi connectivity index (χ0) is 23.1. The van der Waals surface area contributed by atoms with E-state index in [9.17, 15) is 31.2 Å². The minimum Gasteiger partial charge on any atom is -0.325 e. The van der Waals surface area contributed by atoms with Gasteiger partial charge in [-0.05, 0) is 43.5 Å². The summed E-state index contributed by atoms with van der Waals surface area (Å²) in [5.74, 6) is -1.26. The number of nitrogens with one attached hydrogen (secondary N) is 3. The summed E-state index contributed by atoms with van der Waals surface area (Å²) in [4.78, 5) is 38.0. The predicted molar refractivity (Wildman–Crippen MR) is 114 cm³/mol. The zero-order valence-corrected chi connectivity index (χ0v) is 18.8. The summed E-state index contributed by atoms with van der Waals surface area (Å²) in [6.07, 6.45) is 3.03. The number of sulfonamides is 1. The number of benzene rings is 1. The molecule has 0 unspecified atom stereocenters. The van der Waals surface area contributed by atoms with Crippen LogP contribution in [0.5, 0.6) is 0 Å². The van der Waals surface area contributed by atoms with E-state index in [1.165, 1.54) is 24.3 Å². The van der Waals surface area contributed by atoms with E-state index >= 15 is 0 Å². The Balaban J connectivity index is 1.36. The smallest absolute Gasteiger partial charge is 0.325 e. The highest BCUT2D eigenvalue weighted by Crippen LogP contribution is 2.34. The molecule has 4 rings (SSSR count). The van der Waals surface area contributed by atoms with Gasteiger partial charge in [0.1, 0.15) is 12.1 Å². The molecule has 1 aromatic rings. The molecule has 11 nitrogen and oxygen atoms in total. The molecular weight excluding hydrogens is 460 g/mol. The molecule has 3 aliphatic rings. The highest BCUT2D eigenvalue weighted by Gasteiger charge is 2.52. The number of hydrogen-bond acceptors (Lipinski definition) is 7. The maximum absolute atomic E-state index is 12.6. The van der Waals surface area contributed by atoms with Gasteiger partial charge in [-0.15, -0.1) is 0 Å². The van der Waals surface area contributed by atoms with Crippen molar-refractivity contribution in [3.05, 3.63) is 24.3 Å². The van der Waals surface area contributed by atoms with Crippen LogP contribution in [0.4, 0.5) is 10.5 Å². The number of carbonyl (C=O) groups excluding carboxylic acids is 3. The van der Waals surface area contributed by atoms with E-state index in [1.807, 2.05) is 0 Å². The molecule has 2 heterocycles. The Labute approximate surface area is 185 Å². The maximum atomic E-state index is 12.6. The van der Waals surface area contributed by atoms with Crippen molar-refractivity contribution >= 4 is 43.4 Å². The third kappa shape index (κ3) is 4.50. The monoisotopic (exact) mass is 484 g/mol. The first kappa shape index (κ1) is 22.7. The fraction of sp³-hybridized carbons (Fsp3) is 0.526. The molecular formula is C19H24N4O7S2. The van der Waals surface area contributed by atoms with Gasteiger partial charge in [0.2, 0.25) is 15.9 Å². The van der Waals surface area contributed by atoms with Crippen LogP contribution in [0.25, 0.3) is 0 Å². The molecule has 4 amide bonds. The van der Waals surface area contributed by atoms with Crippen molar-refractivity contribution in [2.75, 3.05) is 23.4 Å². The van der Waals surface area contributed by atoms with Crippen LogP contribution in [0.1, 0.15) is 32.1 Å². The first-order valence-electron chi connectivity index (χ1n) is 10.3. The Hall–Kier alpha value is -2.51. The second-order valence-corrected chi connectivity index (χ2v) is 12.3. The standard InChI is InChI=1S/C19H24N4O7S2/c24-16(11-23-17(25)19(21-18(23)26)8-1-2-9-19)20-13-3-5-15(6-4-13)32(29,30)22-14-7-10-31(27,28)12-14/h3-6,14,22H,1-2,7-12H2,(H,20,24)(H,21,26)/t14-/m1/s1. The number of sulfone groups is 1. The lowest BCUT2D eigenvalue weighted by atomic mass is 9.98. The van der Waals surface area contributed by atoms with Crippen LogP contribution in [0.2, 0.25) is 0 Å². The average molecular weight is 485 g/mol. The van der Waals surface area contributed by atoms with E-state index in [-0.39, 0.29) is 22.8 Å². The largest absolute Gasteiger partial charge is 0.325 e. The second-order valence-electron chi connectivity index (χ2n) is 8.40. The average Bonchev–Trinajstić information content (AvgIpc) is 3.37. The van der Waals surface area contributed by atoms with Crippen LogP contribution >= 0.6 is 0 Å². The van der Waals surface area contributed by atoms with Crippen LogP contribution in [0.15, 0.2) is 29.2 Å². The molecule has 1 atom stereocenters. The van der Waals surface area contributed by atoms with Gasteiger partial charge in [-0.2, -0.15) is 0 Å². The van der Waals surface area contributed by atoms with E-state index in [1.54, 1.807) is 0 Å². The molecule has 2 aliphatic heterocycles. The lowest BCUT2D eigenvalue weighted by Gasteiger charge is -2.19. The number of rotatable bonds is 6. The molecule has 0 aromatic heterocycles. The second kappa shape index (κ2) is 8.12. The van der Waals surface area contributed by atoms with Crippen molar-refractivity contribution in [3.8, 4) is 0 Å². The van der Waals surface area contributed by atoms with E-state index < -0.39 is 55.8 Å². The summed E-state index contributed by atoms with van der Waals surface area (Å²) in [6.45, 7) is -0.440. The number of carbonyl (C=O) groups is 3. The molecule has 3 N–H and O–H groups in total. The third-order valence-corrected chi connectivity index (χ3v) is 9.31. The first-order valence-corrected chi connectivity index (χ1v) is 13.6. The molecule has 1 aromatic carbocycles. The Morgan fingerprint density at radius 3 is 2.41 bits per heavy atom. The highest BCUT2D eigenvalue weighted by atomic mass is 32.2. The number of nitrogens with zero attached hydrogens (tertiary/aromatic N) is 1. The number of hydrogen-bond donors (Lipinski definition) is 3. The minimum atomic E-state index is -3.92. The van der Waals surface area contributed by atoms with Crippen LogP contribution in [-0.4, -0.2) is 69.2 Å². The summed E-state index contributed by atoms with van der Waals surface area (Å²) in [5, 5.41) is 5.25. The number of urea groups is 1. The van der Waals surface area contributed by atoms with Crippen molar-refractivity contribution < 1.29 is 31.2 Å². The summed E-state index contributed by atoms with van der Waals surface area (Å²) < 4.78 is 50.4. The SMILES string of the molecule is O=C(CN1C(=O)NC2(CCCC2)C1=O)Nc1ccc(S(=O)(=O)N[C@@H]2CCS(=O)(=O)C2)cc1. The summed E-state index contributed by atoms with van der Waals surface area (Å²) in [5.41, 5.74) is -0.598. The third-order valence-electron chi connectivity index (χ3n) is 6.01. The van der Waals surface area contributed by atoms with Gasteiger partial charge in [0.05, 0.1) is 16.4 Å². The molecule has 1 saturated carbocycles. The van der Waals surface area contributed by atoms with Crippen LogP contribution in [-0.2, 0) is 29.4 Å². The molecule has 2 saturated heterocycles. The molecule has 174 valence electrons. The first-order chi connectivity index (χ1) is 15.0. The van der Waals surface area contributed by atoms with Crippen LogP contribution in [0, 0.1) is 0 Å². The molecule has 13 heteroatoms. The number of imide groups is 1. The van der Waals surface area contributed by atoms with Crippen molar-refractivity contribution in [2.45, 2.75) is 48.6 Å². The van der Waals surface area contributed by atoms with Gasteiger partial charge in [0.15, 0.2) is 9.84 Å². The van der Waals surface area contributed by atoms with E-state index in [4.69, 9.17) is 0 Å². The van der Waals surface area contributed by atoms with Crippen molar-refractivity contribution in [3.63, 3.8) is 0 Å². The van der Waals surface area contributed by atoms with Gasteiger partial charge < -0.3 is 10.6 Å². The Bertz CT molecular complexity index is 1160. The number of anilines is 1. The van der Waals surface area contributed by atoms with Crippen molar-refractivity contribution in [2.24, 2.45) is 0 Å². The molecule has 1 spiro atoms. The lowest BCUT2D eigenvalue weighted by molar-refractivity contribution is -0.133. The summed E-state index contributed by atoms with van der Waals surface area (Å²) >= 11 is 0. The van der Waals surface area contributed by atoms with Gasteiger partial charge in [-0.1, -0.05) is 12.8 Å². The highest BCUT2D eigenvalue weighted by molar-refractivity contribution is 7.92. The molecule has 1 aliphatic carbocycles. The normalized spacial score (nSPS) is 24.1. The van der Waals surface area contributed by atoms with Gasteiger partial charge in [-0.25, -0.2) is 26.4 Å². The van der Waals surface area contributed by atoms with Gasteiger partial charge in [-0.3, -0.25) is 14.5 Å². The van der Waals surface area contributed by atoms with Gasteiger partial charge >= 0.3 is 6.03 Å². The van der Waals surface area contributed by atoms with Crippen LogP contribution in [0.3, 0.4) is 0 Å². The van der Waals surface area contributed by atoms with Crippen LogP contribution < -0.4 is 15.4 Å². The van der Waals surface area contributed by atoms with E-state index in [0.717, 1.165) is 17.7 Å². The van der Waals surface area contributed by atoms with E-state index in [2.05, 4.69) is 15.4 Å². The maximum Gasteiger partial charge on any atom is 0.325 e. The lowest BCUT2D eigenvalue weighted by Crippen LogP contribution is -2.44.